The van der Waals surface area contributed by atoms with Crippen molar-refractivity contribution in [2.24, 2.45) is 0 Å². The van der Waals surface area contributed by atoms with Crippen LogP contribution in [0.5, 0.6) is 0 Å². The third-order valence-electron chi connectivity index (χ3n) is 3.32. The van der Waals surface area contributed by atoms with Crippen LogP contribution in [0, 0.1) is 0 Å². The van der Waals surface area contributed by atoms with E-state index in [2.05, 4.69) is 31.8 Å². The van der Waals surface area contributed by atoms with Crippen molar-refractivity contribution in [2.45, 2.75) is 25.8 Å². The summed E-state index contributed by atoms with van der Waals surface area (Å²) in [5.74, 6) is 0. The SMILES string of the molecule is c1cc(CN2CCCNCCCNCCC2)[nH]n1. The van der Waals surface area contributed by atoms with Gasteiger partial charge in [0.15, 0.2) is 0 Å². The monoisotopic (exact) mass is 251 g/mol. The number of rotatable bonds is 2. The highest BCUT2D eigenvalue weighted by atomic mass is 15.2. The first-order chi connectivity index (χ1) is 8.95. The van der Waals surface area contributed by atoms with Gasteiger partial charge in [0.1, 0.15) is 0 Å². The van der Waals surface area contributed by atoms with Crippen LogP contribution in [0.1, 0.15) is 25.0 Å². The fraction of sp³-hybridized carbons (Fsp3) is 0.769. The second-order valence-corrected chi connectivity index (χ2v) is 4.92. The third kappa shape index (κ3) is 5.16. The van der Waals surface area contributed by atoms with Crippen LogP contribution in [0.25, 0.3) is 0 Å². The van der Waals surface area contributed by atoms with Crippen LogP contribution in [0.3, 0.4) is 0 Å². The van der Waals surface area contributed by atoms with Gasteiger partial charge in [0.2, 0.25) is 0 Å². The van der Waals surface area contributed by atoms with Crippen molar-refractivity contribution >= 4 is 0 Å². The molecular formula is C13H25N5. The Bertz CT molecular complexity index is 286. The molecule has 0 atom stereocenters. The first kappa shape index (κ1) is 13.5. The van der Waals surface area contributed by atoms with Crippen molar-refractivity contribution in [3.05, 3.63) is 18.0 Å². The van der Waals surface area contributed by atoms with Crippen molar-refractivity contribution < 1.29 is 0 Å². The summed E-state index contributed by atoms with van der Waals surface area (Å²) < 4.78 is 0. The van der Waals surface area contributed by atoms with Crippen molar-refractivity contribution in [3.8, 4) is 0 Å². The molecule has 0 aromatic carbocycles. The van der Waals surface area contributed by atoms with Crippen LogP contribution >= 0.6 is 0 Å². The minimum atomic E-state index is 0.986. The standard InChI is InChI=1S/C13H25N5/c1-5-14-7-2-10-18(11-3-8-15-6-1)12-13-4-9-16-17-13/h4,9,14-15H,1-3,5-8,10-12H2,(H,16,17). The van der Waals surface area contributed by atoms with E-state index in [0.717, 1.165) is 45.8 Å². The number of nitrogens with zero attached hydrogens (tertiary/aromatic N) is 2. The zero-order valence-corrected chi connectivity index (χ0v) is 11.1. The molecule has 2 heterocycles. The summed E-state index contributed by atoms with van der Waals surface area (Å²) in [5, 5.41) is 14.1. The molecule has 1 saturated heterocycles. The highest BCUT2D eigenvalue weighted by molar-refractivity contribution is 4.97. The van der Waals surface area contributed by atoms with E-state index in [1.54, 1.807) is 0 Å². The Hall–Kier alpha value is -0.910. The van der Waals surface area contributed by atoms with E-state index in [4.69, 9.17) is 0 Å². The van der Waals surface area contributed by atoms with Gasteiger partial charge in [0.25, 0.3) is 0 Å². The van der Waals surface area contributed by atoms with E-state index >= 15 is 0 Å². The molecule has 1 aromatic rings. The first-order valence-corrected chi connectivity index (χ1v) is 7.07. The van der Waals surface area contributed by atoms with Crippen LogP contribution < -0.4 is 10.6 Å². The van der Waals surface area contributed by atoms with Gasteiger partial charge >= 0.3 is 0 Å². The van der Waals surface area contributed by atoms with E-state index in [-0.39, 0.29) is 0 Å². The molecule has 2 rings (SSSR count). The molecule has 1 aromatic heterocycles. The van der Waals surface area contributed by atoms with Crippen molar-refractivity contribution in [3.63, 3.8) is 0 Å². The van der Waals surface area contributed by atoms with Crippen LogP contribution in [-0.4, -0.2) is 54.4 Å². The summed E-state index contributed by atoms with van der Waals surface area (Å²) in [6.07, 6.45) is 5.51. The van der Waals surface area contributed by atoms with Gasteiger partial charge in [-0.1, -0.05) is 0 Å². The predicted molar refractivity (Wildman–Crippen MR) is 73.5 cm³/mol. The van der Waals surface area contributed by atoms with Gasteiger partial charge in [0.05, 0.1) is 0 Å². The second-order valence-electron chi connectivity index (χ2n) is 4.92. The van der Waals surface area contributed by atoms with Crippen molar-refractivity contribution in [1.82, 2.24) is 25.7 Å². The van der Waals surface area contributed by atoms with Gasteiger partial charge in [-0.3, -0.25) is 10.00 Å². The van der Waals surface area contributed by atoms with Gasteiger partial charge < -0.3 is 10.6 Å². The minimum Gasteiger partial charge on any atom is -0.317 e. The van der Waals surface area contributed by atoms with Gasteiger partial charge in [0, 0.05) is 18.4 Å². The lowest BCUT2D eigenvalue weighted by molar-refractivity contribution is 0.252. The fourth-order valence-corrected chi connectivity index (χ4v) is 2.33. The van der Waals surface area contributed by atoms with Gasteiger partial charge in [-0.2, -0.15) is 5.10 Å². The average molecular weight is 251 g/mol. The van der Waals surface area contributed by atoms with E-state index in [1.165, 1.54) is 25.0 Å². The molecule has 0 spiro atoms. The molecule has 1 aliphatic heterocycles. The number of nitrogens with one attached hydrogen (secondary N) is 3. The van der Waals surface area contributed by atoms with Crippen molar-refractivity contribution in [2.75, 3.05) is 39.3 Å². The molecule has 102 valence electrons. The van der Waals surface area contributed by atoms with E-state index in [1.807, 2.05) is 6.20 Å². The number of hydrogen-bond donors (Lipinski definition) is 3. The van der Waals surface area contributed by atoms with Crippen LogP contribution in [-0.2, 0) is 6.54 Å². The lowest BCUT2D eigenvalue weighted by atomic mass is 10.2. The van der Waals surface area contributed by atoms with Crippen LogP contribution in [0.15, 0.2) is 12.3 Å². The quantitative estimate of drug-likeness (QED) is 0.719. The predicted octanol–water partition coefficient (Wildman–Crippen LogP) is 0.575. The topological polar surface area (TPSA) is 56.0 Å². The Balaban J connectivity index is 1.77. The molecule has 0 amide bonds. The summed E-state index contributed by atoms with van der Waals surface area (Å²) in [7, 11) is 0. The summed E-state index contributed by atoms with van der Waals surface area (Å²) in [4.78, 5) is 2.51. The van der Waals surface area contributed by atoms with Crippen LogP contribution in [0.2, 0.25) is 0 Å². The lowest BCUT2D eigenvalue weighted by Crippen LogP contribution is -2.32. The summed E-state index contributed by atoms with van der Waals surface area (Å²) in [6.45, 7) is 7.82. The molecule has 0 aliphatic carbocycles. The Labute approximate surface area is 109 Å². The number of aromatic amines is 1. The van der Waals surface area contributed by atoms with E-state index in [9.17, 15) is 0 Å². The number of H-pyrrole nitrogens is 1. The Morgan fingerprint density at radius 3 is 2.28 bits per heavy atom. The maximum absolute atomic E-state index is 4.01. The zero-order chi connectivity index (χ0) is 12.5. The molecule has 5 heteroatoms. The number of hydrogen-bond acceptors (Lipinski definition) is 4. The third-order valence-corrected chi connectivity index (χ3v) is 3.32. The molecule has 0 radical (unpaired) electrons. The molecule has 1 aliphatic rings. The zero-order valence-electron chi connectivity index (χ0n) is 11.1. The molecule has 0 unspecified atom stereocenters. The summed E-state index contributed by atoms with van der Waals surface area (Å²) in [5.41, 5.74) is 1.21. The normalized spacial score (nSPS) is 21.1. The highest BCUT2D eigenvalue weighted by Gasteiger charge is 2.07. The van der Waals surface area contributed by atoms with Gasteiger partial charge in [-0.25, -0.2) is 0 Å². The molecule has 18 heavy (non-hydrogen) atoms. The molecule has 0 bridgehead atoms. The lowest BCUT2D eigenvalue weighted by Gasteiger charge is -2.22. The largest absolute Gasteiger partial charge is 0.317 e. The number of aromatic nitrogens is 2. The molecule has 0 saturated carbocycles. The molecule has 1 fully saturated rings. The first-order valence-electron chi connectivity index (χ1n) is 7.07. The molecule has 3 N–H and O–H groups in total. The summed E-state index contributed by atoms with van der Waals surface area (Å²) in [6, 6.07) is 2.06. The van der Waals surface area contributed by atoms with Crippen molar-refractivity contribution in [1.29, 1.82) is 0 Å². The Morgan fingerprint density at radius 1 is 1.00 bits per heavy atom. The Morgan fingerprint density at radius 2 is 1.67 bits per heavy atom. The van der Waals surface area contributed by atoms with E-state index < -0.39 is 0 Å². The fourth-order valence-electron chi connectivity index (χ4n) is 2.33. The smallest absolute Gasteiger partial charge is 0.0492 e. The second kappa shape index (κ2) is 8.24. The molecular weight excluding hydrogens is 226 g/mol. The maximum atomic E-state index is 4.01. The average Bonchev–Trinajstić information content (AvgIpc) is 2.85. The highest BCUT2D eigenvalue weighted by Crippen LogP contribution is 2.02. The van der Waals surface area contributed by atoms with Gasteiger partial charge in [-0.15, -0.1) is 0 Å². The summed E-state index contributed by atoms with van der Waals surface area (Å²) >= 11 is 0. The van der Waals surface area contributed by atoms with Gasteiger partial charge in [-0.05, 0) is 64.6 Å². The Kier molecular flexibility index (Phi) is 6.19. The minimum absolute atomic E-state index is 0.986. The molecule has 5 nitrogen and oxygen atoms in total. The van der Waals surface area contributed by atoms with Crippen LogP contribution in [0.4, 0.5) is 0 Å². The maximum Gasteiger partial charge on any atom is 0.0492 e. The van der Waals surface area contributed by atoms with E-state index in [0.29, 0.717) is 0 Å².